The van der Waals surface area contributed by atoms with E-state index in [0.29, 0.717) is 28.2 Å². The van der Waals surface area contributed by atoms with Crippen molar-refractivity contribution in [2.75, 3.05) is 20.8 Å². The highest BCUT2D eigenvalue weighted by Gasteiger charge is 2.21. The lowest BCUT2D eigenvalue weighted by atomic mass is 10.1. The number of esters is 3. The number of carbonyl (C=O) groups is 4. The van der Waals surface area contributed by atoms with Crippen LogP contribution < -0.4 is 0 Å². The van der Waals surface area contributed by atoms with Gasteiger partial charge in [0.1, 0.15) is 0 Å². The fourth-order valence-corrected chi connectivity index (χ4v) is 3.66. The summed E-state index contributed by atoms with van der Waals surface area (Å²) in [5, 5.41) is 8.98. The van der Waals surface area contributed by atoms with Crippen molar-refractivity contribution in [2.24, 2.45) is 0 Å². The van der Waals surface area contributed by atoms with Gasteiger partial charge in [0.15, 0.2) is 6.61 Å². The van der Waals surface area contributed by atoms with Crippen molar-refractivity contribution in [3.8, 4) is 11.8 Å². The van der Waals surface area contributed by atoms with Gasteiger partial charge in [-0.25, -0.2) is 14.4 Å². The number of nitrogens with zero attached hydrogens (tertiary/aromatic N) is 2. The molecule has 0 aliphatic heterocycles. The van der Waals surface area contributed by atoms with E-state index >= 15 is 0 Å². The second-order valence-electron chi connectivity index (χ2n) is 7.56. The van der Waals surface area contributed by atoms with E-state index in [9.17, 15) is 19.2 Å². The van der Waals surface area contributed by atoms with Gasteiger partial charge >= 0.3 is 17.9 Å². The monoisotopic (exact) mass is 474 g/mol. The molecule has 3 rings (SSSR count). The molecule has 1 aromatic heterocycles. The Bertz CT molecular complexity index is 1340. The second kappa shape index (κ2) is 10.5. The molecule has 2 aromatic carbocycles. The number of ether oxygens (including phenoxy) is 3. The molecule has 0 bridgehead atoms. The number of aryl methyl sites for hydroxylation is 1. The molecule has 0 fully saturated rings. The first-order valence-corrected chi connectivity index (χ1v) is 10.4. The van der Waals surface area contributed by atoms with E-state index in [0.717, 1.165) is 0 Å². The topological polar surface area (TPSA) is 125 Å². The summed E-state index contributed by atoms with van der Waals surface area (Å²) >= 11 is 0. The van der Waals surface area contributed by atoms with Gasteiger partial charge in [-0.2, -0.15) is 5.26 Å². The largest absolute Gasteiger partial charge is 0.465 e. The summed E-state index contributed by atoms with van der Waals surface area (Å²) < 4.78 is 16.4. The van der Waals surface area contributed by atoms with Crippen LogP contribution in [-0.2, 0) is 14.2 Å². The summed E-state index contributed by atoms with van der Waals surface area (Å²) in [5.74, 6) is -2.43. The summed E-state index contributed by atoms with van der Waals surface area (Å²) in [5.41, 5.74) is 2.67. The SMILES string of the molecule is COC(=O)c1cc(C(=O)OC)cc(-n2c(C)cc(C(=O)COC(=O)c3cccc(C#N)c3)c2C)c1. The van der Waals surface area contributed by atoms with Gasteiger partial charge in [-0.3, -0.25) is 4.79 Å². The van der Waals surface area contributed by atoms with Gasteiger partial charge < -0.3 is 18.8 Å². The summed E-state index contributed by atoms with van der Waals surface area (Å²) in [6.45, 7) is 2.95. The molecule has 0 aliphatic rings. The van der Waals surface area contributed by atoms with Crippen LogP contribution in [0.1, 0.15) is 58.4 Å². The highest BCUT2D eigenvalue weighted by atomic mass is 16.5. The van der Waals surface area contributed by atoms with Crippen molar-refractivity contribution >= 4 is 23.7 Å². The first kappa shape index (κ1) is 24.9. The summed E-state index contributed by atoms with van der Waals surface area (Å²) in [7, 11) is 2.46. The summed E-state index contributed by atoms with van der Waals surface area (Å²) in [4.78, 5) is 49.5. The van der Waals surface area contributed by atoms with Crippen LogP contribution in [0.5, 0.6) is 0 Å². The van der Waals surface area contributed by atoms with Crippen LogP contribution in [0.15, 0.2) is 48.5 Å². The van der Waals surface area contributed by atoms with Crippen LogP contribution in [0.3, 0.4) is 0 Å². The normalized spacial score (nSPS) is 10.3. The molecule has 9 nitrogen and oxygen atoms in total. The molecule has 9 heteroatoms. The van der Waals surface area contributed by atoms with E-state index in [1.54, 1.807) is 36.6 Å². The smallest absolute Gasteiger partial charge is 0.338 e. The Labute approximate surface area is 201 Å². The standard InChI is InChI=1S/C26H22N2O7/c1-15-8-22(23(29)14-35-26(32)18-7-5-6-17(9-18)13-27)16(2)28(15)21-11-19(24(30)33-3)10-20(12-21)25(31)34-4/h5-12H,14H2,1-4H3. The summed E-state index contributed by atoms with van der Waals surface area (Å²) in [6, 6.07) is 14.0. The molecule has 0 atom stereocenters. The van der Waals surface area contributed by atoms with Crippen molar-refractivity contribution in [3.63, 3.8) is 0 Å². The van der Waals surface area contributed by atoms with Crippen LogP contribution >= 0.6 is 0 Å². The lowest BCUT2D eigenvalue weighted by Gasteiger charge is -2.13. The van der Waals surface area contributed by atoms with Crippen LogP contribution in [0.25, 0.3) is 5.69 Å². The van der Waals surface area contributed by atoms with Gasteiger partial charge in [-0.1, -0.05) is 6.07 Å². The number of ketones is 1. The molecule has 178 valence electrons. The van der Waals surface area contributed by atoms with Crippen molar-refractivity contribution < 1.29 is 33.4 Å². The van der Waals surface area contributed by atoms with E-state index in [1.807, 2.05) is 6.07 Å². The number of benzene rings is 2. The Kier molecular flexibility index (Phi) is 7.46. The Morgan fingerprint density at radius 2 is 1.49 bits per heavy atom. The number of hydrogen-bond acceptors (Lipinski definition) is 8. The third-order valence-corrected chi connectivity index (χ3v) is 5.31. The predicted octanol–water partition coefficient (Wildman–Crippen LogP) is 3.58. The molecular formula is C26H22N2O7. The second-order valence-corrected chi connectivity index (χ2v) is 7.56. The Morgan fingerprint density at radius 1 is 0.857 bits per heavy atom. The van der Waals surface area contributed by atoms with E-state index in [1.165, 1.54) is 44.6 Å². The number of rotatable bonds is 7. The predicted molar refractivity (Wildman–Crippen MR) is 124 cm³/mol. The van der Waals surface area contributed by atoms with Gasteiger partial charge in [-0.15, -0.1) is 0 Å². The maximum Gasteiger partial charge on any atom is 0.338 e. The Morgan fingerprint density at radius 3 is 2.06 bits per heavy atom. The number of methoxy groups -OCH3 is 2. The lowest BCUT2D eigenvalue weighted by Crippen LogP contribution is -2.15. The highest BCUT2D eigenvalue weighted by Crippen LogP contribution is 2.24. The molecule has 0 radical (unpaired) electrons. The number of nitriles is 1. The van der Waals surface area contributed by atoms with E-state index in [-0.39, 0.29) is 16.7 Å². The fourth-order valence-electron chi connectivity index (χ4n) is 3.66. The van der Waals surface area contributed by atoms with Gasteiger partial charge in [0, 0.05) is 22.6 Å². The number of hydrogen-bond donors (Lipinski definition) is 0. The molecule has 35 heavy (non-hydrogen) atoms. The van der Waals surface area contributed by atoms with Gasteiger partial charge in [0.25, 0.3) is 0 Å². The molecule has 0 spiro atoms. The molecule has 0 N–H and O–H groups in total. The average Bonchev–Trinajstić information content (AvgIpc) is 3.19. The average molecular weight is 474 g/mol. The third kappa shape index (κ3) is 5.28. The van der Waals surface area contributed by atoms with Gasteiger partial charge in [0.05, 0.1) is 42.5 Å². The van der Waals surface area contributed by atoms with Crippen LogP contribution in [0.4, 0.5) is 0 Å². The van der Waals surface area contributed by atoms with E-state index in [2.05, 4.69) is 0 Å². The first-order valence-electron chi connectivity index (χ1n) is 10.4. The zero-order chi connectivity index (χ0) is 25.7. The van der Waals surface area contributed by atoms with Crippen LogP contribution in [-0.4, -0.2) is 49.1 Å². The molecule has 0 saturated heterocycles. The van der Waals surface area contributed by atoms with Crippen LogP contribution in [0.2, 0.25) is 0 Å². The molecule has 3 aromatic rings. The van der Waals surface area contributed by atoms with Crippen molar-refractivity contribution in [1.29, 1.82) is 5.26 Å². The molecule has 0 saturated carbocycles. The van der Waals surface area contributed by atoms with Gasteiger partial charge in [0.2, 0.25) is 5.78 Å². The van der Waals surface area contributed by atoms with Gasteiger partial charge in [-0.05, 0) is 56.3 Å². The lowest BCUT2D eigenvalue weighted by molar-refractivity contribution is 0.0474. The number of Topliss-reactive ketones (excluding diaryl/α,β-unsaturated/α-hetero) is 1. The van der Waals surface area contributed by atoms with Crippen molar-refractivity contribution in [2.45, 2.75) is 13.8 Å². The minimum atomic E-state index is -0.724. The third-order valence-electron chi connectivity index (χ3n) is 5.31. The fraction of sp³-hybridized carbons (Fsp3) is 0.192. The quantitative estimate of drug-likeness (QED) is 0.289. The summed E-state index contributed by atoms with van der Waals surface area (Å²) in [6.07, 6.45) is 0. The molecule has 0 unspecified atom stereocenters. The highest BCUT2D eigenvalue weighted by molar-refractivity contribution is 6.01. The maximum absolute atomic E-state index is 12.9. The van der Waals surface area contributed by atoms with Crippen molar-refractivity contribution in [3.05, 3.63) is 87.7 Å². The number of carbonyl (C=O) groups excluding carboxylic acids is 4. The number of aromatic nitrogens is 1. The zero-order valence-corrected chi connectivity index (χ0v) is 19.6. The Balaban J connectivity index is 1.90. The Hall–Kier alpha value is -4.71. The molecular weight excluding hydrogens is 452 g/mol. The minimum absolute atomic E-state index is 0.138. The maximum atomic E-state index is 12.9. The van der Waals surface area contributed by atoms with Crippen molar-refractivity contribution in [1.82, 2.24) is 4.57 Å². The van der Waals surface area contributed by atoms with E-state index < -0.39 is 30.3 Å². The molecule has 0 amide bonds. The molecule has 0 aliphatic carbocycles. The van der Waals surface area contributed by atoms with E-state index in [4.69, 9.17) is 19.5 Å². The minimum Gasteiger partial charge on any atom is -0.465 e. The van der Waals surface area contributed by atoms with Crippen LogP contribution in [0, 0.1) is 25.2 Å². The zero-order valence-electron chi connectivity index (χ0n) is 19.6. The first-order chi connectivity index (χ1) is 16.7. The molecule has 1 heterocycles.